The first-order valence-corrected chi connectivity index (χ1v) is 10.5. The molecule has 10 heteroatoms. The molecule has 1 aromatic carbocycles. The zero-order valence-electron chi connectivity index (χ0n) is 15.9. The molecule has 0 radical (unpaired) electrons. The van der Waals surface area contributed by atoms with Crippen molar-refractivity contribution >= 4 is 32.7 Å². The van der Waals surface area contributed by atoms with Gasteiger partial charge in [-0.1, -0.05) is 12.1 Å². The number of sulfonamides is 1. The molecule has 1 aliphatic rings. The number of fused-ring (bicyclic) bond motifs is 1. The summed E-state index contributed by atoms with van der Waals surface area (Å²) in [6.07, 6.45) is 2.74. The van der Waals surface area contributed by atoms with Crippen LogP contribution in [-0.4, -0.2) is 53.5 Å². The number of aromatic nitrogens is 4. The van der Waals surface area contributed by atoms with E-state index >= 15 is 0 Å². The number of benzene rings is 1. The van der Waals surface area contributed by atoms with Crippen LogP contribution < -0.4 is 9.62 Å². The smallest absolute Gasteiger partial charge is 0.266 e. The van der Waals surface area contributed by atoms with E-state index < -0.39 is 10.0 Å². The van der Waals surface area contributed by atoms with Crippen LogP contribution in [-0.2, 0) is 21.8 Å². The molecule has 3 aromatic rings. The molecule has 4 rings (SSSR count). The molecule has 2 aromatic heterocycles. The molecule has 1 N–H and O–H groups in total. The van der Waals surface area contributed by atoms with Crippen molar-refractivity contribution in [3.63, 3.8) is 0 Å². The Morgan fingerprint density at radius 2 is 1.75 bits per heavy atom. The van der Waals surface area contributed by atoms with Gasteiger partial charge in [0.1, 0.15) is 4.90 Å². The summed E-state index contributed by atoms with van der Waals surface area (Å²) >= 11 is 0. The Hall–Kier alpha value is -2.72. The van der Waals surface area contributed by atoms with Crippen LogP contribution in [0.1, 0.15) is 13.8 Å². The summed E-state index contributed by atoms with van der Waals surface area (Å²) in [5.41, 5.74) is 1.32. The fraction of sp³-hybridized carbons (Fsp3) is 0.389. The Kier molecular flexibility index (Phi) is 4.68. The molecule has 0 amide bonds. The maximum absolute atomic E-state index is 12.8. The largest absolute Gasteiger partial charge is 0.372 e. The molecular weight excluding hydrogens is 380 g/mol. The molecule has 28 heavy (non-hydrogen) atoms. The Bertz CT molecular complexity index is 1100. The Labute approximate surface area is 163 Å². The van der Waals surface area contributed by atoms with Crippen molar-refractivity contribution in [3.8, 4) is 0 Å². The van der Waals surface area contributed by atoms with Gasteiger partial charge in [0.2, 0.25) is 0 Å². The first kappa shape index (κ1) is 18.6. The van der Waals surface area contributed by atoms with Crippen molar-refractivity contribution < 1.29 is 13.2 Å². The minimum absolute atomic E-state index is 0.000184. The fourth-order valence-corrected chi connectivity index (χ4v) is 4.34. The molecule has 0 bridgehead atoms. The molecule has 1 fully saturated rings. The maximum atomic E-state index is 12.8. The van der Waals surface area contributed by atoms with E-state index in [1.165, 1.54) is 17.1 Å². The van der Waals surface area contributed by atoms with E-state index in [1.54, 1.807) is 13.1 Å². The summed E-state index contributed by atoms with van der Waals surface area (Å²) in [6.45, 7) is 5.16. The molecule has 1 aliphatic heterocycles. The topological polar surface area (TPSA) is 102 Å². The average molecular weight is 402 g/mol. The number of hydrogen-bond acceptors (Lipinski definition) is 7. The van der Waals surface area contributed by atoms with E-state index in [0.717, 1.165) is 0 Å². The van der Waals surface area contributed by atoms with Crippen molar-refractivity contribution in [3.05, 3.63) is 36.7 Å². The molecule has 2 atom stereocenters. The molecule has 9 nitrogen and oxygen atoms in total. The van der Waals surface area contributed by atoms with E-state index in [4.69, 9.17) is 9.72 Å². The van der Waals surface area contributed by atoms with E-state index in [-0.39, 0.29) is 22.9 Å². The van der Waals surface area contributed by atoms with Gasteiger partial charge in [-0.15, -0.1) is 0 Å². The second-order valence-electron chi connectivity index (χ2n) is 7.00. The second kappa shape index (κ2) is 7.02. The van der Waals surface area contributed by atoms with Crippen molar-refractivity contribution in [1.82, 2.24) is 19.7 Å². The van der Waals surface area contributed by atoms with Gasteiger partial charge in [0.15, 0.2) is 11.6 Å². The highest BCUT2D eigenvalue weighted by Gasteiger charge is 2.28. The first-order valence-electron chi connectivity index (χ1n) is 9.00. The monoisotopic (exact) mass is 402 g/mol. The van der Waals surface area contributed by atoms with Crippen LogP contribution in [0, 0.1) is 0 Å². The lowest BCUT2D eigenvalue weighted by molar-refractivity contribution is -0.00540. The van der Waals surface area contributed by atoms with E-state index in [9.17, 15) is 8.42 Å². The summed E-state index contributed by atoms with van der Waals surface area (Å²) in [7, 11) is -2.18. The van der Waals surface area contributed by atoms with Crippen molar-refractivity contribution in [2.24, 2.45) is 7.05 Å². The third-order valence-electron chi connectivity index (χ3n) is 4.49. The molecule has 2 unspecified atom stereocenters. The molecule has 0 spiro atoms. The number of para-hydroxylation sites is 2. The number of nitrogens with one attached hydrogen (secondary N) is 1. The number of ether oxygens (including phenoxy) is 1. The van der Waals surface area contributed by atoms with Crippen molar-refractivity contribution in [2.45, 2.75) is 31.0 Å². The number of nitrogens with zero attached hydrogens (tertiary/aromatic N) is 5. The molecule has 1 saturated heterocycles. The van der Waals surface area contributed by atoms with Crippen LogP contribution >= 0.6 is 0 Å². The third kappa shape index (κ3) is 3.65. The van der Waals surface area contributed by atoms with Crippen LogP contribution in [0.25, 0.3) is 11.0 Å². The minimum Gasteiger partial charge on any atom is -0.372 e. The van der Waals surface area contributed by atoms with Gasteiger partial charge in [-0.25, -0.2) is 18.4 Å². The number of rotatable bonds is 4. The zero-order chi connectivity index (χ0) is 19.9. The highest BCUT2D eigenvalue weighted by molar-refractivity contribution is 7.92. The molecular formula is C18H22N6O3S. The Balaban J connectivity index is 1.79. The van der Waals surface area contributed by atoms with Gasteiger partial charge in [0.25, 0.3) is 10.0 Å². The number of aryl methyl sites for hydroxylation is 1. The maximum Gasteiger partial charge on any atom is 0.266 e. The van der Waals surface area contributed by atoms with Gasteiger partial charge >= 0.3 is 0 Å². The molecule has 0 aliphatic carbocycles. The second-order valence-corrected chi connectivity index (χ2v) is 8.68. The summed E-state index contributed by atoms with van der Waals surface area (Å²) in [5.74, 6) is 0.692. The van der Waals surface area contributed by atoms with E-state index in [2.05, 4.69) is 14.8 Å². The zero-order valence-corrected chi connectivity index (χ0v) is 16.7. The minimum atomic E-state index is -3.84. The summed E-state index contributed by atoms with van der Waals surface area (Å²) in [5, 5.41) is 3.94. The van der Waals surface area contributed by atoms with Gasteiger partial charge in [-0.05, 0) is 26.0 Å². The summed E-state index contributed by atoms with van der Waals surface area (Å²) in [6, 6.07) is 7.39. The van der Waals surface area contributed by atoms with Crippen LogP contribution in [0.2, 0.25) is 0 Å². The fourth-order valence-electron chi connectivity index (χ4n) is 3.35. The van der Waals surface area contributed by atoms with E-state index in [1.807, 2.05) is 36.9 Å². The van der Waals surface area contributed by atoms with Gasteiger partial charge in [0.05, 0.1) is 29.4 Å². The van der Waals surface area contributed by atoms with Crippen LogP contribution in [0.3, 0.4) is 0 Å². The predicted molar refractivity (Wildman–Crippen MR) is 106 cm³/mol. The van der Waals surface area contributed by atoms with Gasteiger partial charge in [-0.2, -0.15) is 5.10 Å². The lowest BCUT2D eigenvalue weighted by Crippen LogP contribution is -2.46. The van der Waals surface area contributed by atoms with Gasteiger partial charge < -0.3 is 9.64 Å². The Morgan fingerprint density at radius 3 is 2.36 bits per heavy atom. The third-order valence-corrected chi connectivity index (χ3v) is 5.79. The molecule has 148 valence electrons. The van der Waals surface area contributed by atoms with Crippen molar-refractivity contribution in [2.75, 3.05) is 22.7 Å². The first-order chi connectivity index (χ1) is 13.3. The van der Waals surface area contributed by atoms with Crippen LogP contribution in [0.15, 0.2) is 41.6 Å². The van der Waals surface area contributed by atoms with Gasteiger partial charge in [0, 0.05) is 26.3 Å². The van der Waals surface area contributed by atoms with E-state index in [0.29, 0.717) is 29.9 Å². The lowest BCUT2D eigenvalue weighted by atomic mass is 10.2. The normalized spacial score (nSPS) is 20.5. The summed E-state index contributed by atoms with van der Waals surface area (Å²) < 4.78 is 35.5. The number of anilines is 2. The molecule has 3 heterocycles. The molecule has 0 saturated carbocycles. The predicted octanol–water partition coefficient (Wildman–Crippen LogP) is 1.78. The average Bonchev–Trinajstić information content (AvgIpc) is 3.07. The number of morpholine rings is 1. The summed E-state index contributed by atoms with van der Waals surface area (Å²) in [4.78, 5) is 11.3. The Morgan fingerprint density at radius 1 is 1.11 bits per heavy atom. The van der Waals surface area contributed by atoms with Gasteiger partial charge in [-0.3, -0.25) is 9.40 Å². The lowest BCUT2D eigenvalue weighted by Gasteiger charge is -2.36. The van der Waals surface area contributed by atoms with Crippen molar-refractivity contribution in [1.29, 1.82) is 0 Å². The van der Waals surface area contributed by atoms with Crippen LogP contribution in [0.5, 0.6) is 0 Å². The highest BCUT2D eigenvalue weighted by Crippen LogP contribution is 2.29. The van der Waals surface area contributed by atoms with Crippen LogP contribution in [0.4, 0.5) is 11.6 Å². The number of hydrogen-bond donors (Lipinski definition) is 1. The SMILES string of the molecule is CC1CN(c2nc3ccccc3nc2NS(=O)(=O)c2cnn(C)c2)CC(C)O1. The highest BCUT2D eigenvalue weighted by atomic mass is 32.2. The standard InChI is InChI=1S/C18H22N6O3S/c1-12-9-24(10-13(2)27-12)18-17(20-15-6-4-5-7-16(15)21-18)22-28(25,26)14-8-19-23(3)11-14/h4-8,11-13H,9-10H2,1-3H3,(H,20,22). The quantitative estimate of drug-likeness (QED) is 0.710.